The summed E-state index contributed by atoms with van der Waals surface area (Å²) in [6.45, 7) is 2.06. The SMILES string of the molecule is CCOC(N)=O.COC.Oc1ccc(O)cc1. The van der Waals surface area contributed by atoms with Gasteiger partial charge < -0.3 is 25.4 Å². The van der Waals surface area contributed by atoms with Crippen LogP contribution in [0, 0.1) is 0 Å². The van der Waals surface area contributed by atoms with E-state index >= 15 is 0 Å². The highest BCUT2D eigenvalue weighted by atomic mass is 16.5. The van der Waals surface area contributed by atoms with Gasteiger partial charge in [-0.1, -0.05) is 0 Å². The highest BCUT2D eigenvalue weighted by molar-refractivity contribution is 5.64. The van der Waals surface area contributed by atoms with Gasteiger partial charge in [0.2, 0.25) is 0 Å². The second-order valence-electron chi connectivity index (χ2n) is 2.68. The van der Waals surface area contributed by atoms with Crippen molar-refractivity contribution in [3.63, 3.8) is 0 Å². The largest absolute Gasteiger partial charge is 0.508 e. The highest BCUT2D eigenvalue weighted by Gasteiger charge is 1.84. The third-order valence-electron chi connectivity index (χ3n) is 1.14. The molecule has 0 saturated carbocycles. The Labute approximate surface area is 101 Å². The molecule has 1 rings (SSSR count). The molecular formula is C11H19NO5. The van der Waals surface area contributed by atoms with E-state index in [-0.39, 0.29) is 11.5 Å². The Bertz CT molecular complexity index is 265. The quantitative estimate of drug-likeness (QED) is 0.650. The van der Waals surface area contributed by atoms with Crippen molar-refractivity contribution >= 4 is 6.09 Å². The standard InChI is InChI=1S/C6H6O2.C3H7NO2.C2H6O/c7-5-1-2-6(8)4-3-5;1-2-6-3(4)5;1-3-2/h1-4,7-8H;2H2,1H3,(H2,4,5);1-2H3. The Morgan fingerprint density at radius 1 is 1.18 bits per heavy atom. The number of ether oxygens (including phenoxy) is 2. The second kappa shape index (κ2) is 12.1. The van der Waals surface area contributed by atoms with Crippen LogP contribution >= 0.6 is 0 Å². The van der Waals surface area contributed by atoms with E-state index in [0.717, 1.165) is 0 Å². The molecule has 0 radical (unpaired) electrons. The second-order valence-corrected chi connectivity index (χ2v) is 2.68. The Balaban J connectivity index is 0. The molecular weight excluding hydrogens is 226 g/mol. The number of primary amides is 1. The Hall–Kier alpha value is -1.95. The molecule has 6 heteroatoms. The molecule has 17 heavy (non-hydrogen) atoms. The van der Waals surface area contributed by atoms with Crippen molar-refractivity contribution in [3.05, 3.63) is 24.3 Å². The van der Waals surface area contributed by atoms with Gasteiger partial charge in [-0.3, -0.25) is 0 Å². The summed E-state index contributed by atoms with van der Waals surface area (Å²) in [4.78, 5) is 9.60. The molecule has 0 aliphatic heterocycles. The van der Waals surface area contributed by atoms with Crippen LogP contribution in [0.25, 0.3) is 0 Å². The molecule has 1 aromatic rings. The lowest BCUT2D eigenvalue weighted by Gasteiger charge is -1.89. The molecule has 4 N–H and O–H groups in total. The molecule has 0 aromatic heterocycles. The smallest absolute Gasteiger partial charge is 0.404 e. The Kier molecular flexibility index (Phi) is 12.4. The minimum Gasteiger partial charge on any atom is -0.508 e. The van der Waals surface area contributed by atoms with E-state index in [1.165, 1.54) is 24.3 Å². The van der Waals surface area contributed by atoms with Crippen LogP contribution in [-0.4, -0.2) is 37.1 Å². The maximum Gasteiger partial charge on any atom is 0.404 e. The molecule has 0 aliphatic rings. The molecule has 0 bridgehead atoms. The van der Waals surface area contributed by atoms with Gasteiger partial charge >= 0.3 is 6.09 Å². The fourth-order valence-corrected chi connectivity index (χ4v) is 0.595. The average Bonchev–Trinajstić information content (AvgIpc) is 2.24. The number of carbonyl (C=O) groups excluding carboxylic acids is 1. The van der Waals surface area contributed by atoms with Gasteiger partial charge in [0, 0.05) is 14.2 Å². The number of phenolic OH excluding ortho intramolecular Hbond substituents is 2. The monoisotopic (exact) mass is 245 g/mol. The molecule has 0 unspecified atom stereocenters. The zero-order chi connectivity index (χ0) is 13.7. The summed E-state index contributed by atoms with van der Waals surface area (Å²) in [5, 5.41) is 17.3. The maximum atomic E-state index is 9.60. The molecule has 1 amide bonds. The number of carbonyl (C=O) groups is 1. The van der Waals surface area contributed by atoms with Crippen LogP contribution in [0.2, 0.25) is 0 Å². The van der Waals surface area contributed by atoms with Crippen molar-refractivity contribution in [2.24, 2.45) is 5.73 Å². The van der Waals surface area contributed by atoms with E-state index in [4.69, 9.17) is 10.2 Å². The average molecular weight is 245 g/mol. The number of phenols is 2. The summed E-state index contributed by atoms with van der Waals surface area (Å²) in [6, 6.07) is 5.70. The van der Waals surface area contributed by atoms with Gasteiger partial charge in [0.25, 0.3) is 0 Å². The first kappa shape index (κ1) is 17.4. The number of aromatic hydroxyl groups is 2. The van der Waals surface area contributed by atoms with Crippen molar-refractivity contribution in [1.29, 1.82) is 0 Å². The lowest BCUT2D eigenvalue weighted by molar-refractivity contribution is 0.163. The van der Waals surface area contributed by atoms with Crippen molar-refractivity contribution in [3.8, 4) is 11.5 Å². The lowest BCUT2D eigenvalue weighted by atomic mass is 10.3. The van der Waals surface area contributed by atoms with Crippen molar-refractivity contribution in [2.45, 2.75) is 6.92 Å². The van der Waals surface area contributed by atoms with E-state index in [9.17, 15) is 4.79 Å². The van der Waals surface area contributed by atoms with E-state index in [0.29, 0.717) is 6.61 Å². The summed E-state index contributed by atoms with van der Waals surface area (Å²) >= 11 is 0. The Morgan fingerprint density at radius 3 is 1.59 bits per heavy atom. The number of hydrogen-bond acceptors (Lipinski definition) is 5. The maximum absolute atomic E-state index is 9.60. The molecule has 0 atom stereocenters. The molecule has 0 aliphatic carbocycles. The van der Waals surface area contributed by atoms with Crippen molar-refractivity contribution in [2.75, 3.05) is 20.8 Å². The molecule has 98 valence electrons. The van der Waals surface area contributed by atoms with Gasteiger partial charge in [-0.15, -0.1) is 0 Å². The normalized spacial score (nSPS) is 7.94. The number of rotatable bonds is 1. The predicted octanol–water partition coefficient (Wildman–Crippen LogP) is 1.46. The summed E-state index contributed by atoms with van der Waals surface area (Å²) in [7, 11) is 3.25. The first-order chi connectivity index (χ1) is 7.97. The molecule has 0 saturated heterocycles. The van der Waals surface area contributed by atoms with Crippen LogP contribution < -0.4 is 5.73 Å². The number of nitrogens with two attached hydrogens (primary N) is 1. The Morgan fingerprint density at radius 2 is 1.47 bits per heavy atom. The third kappa shape index (κ3) is 16.7. The van der Waals surface area contributed by atoms with Gasteiger partial charge in [0.15, 0.2) is 0 Å². The summed E-state index contributed by atoms with van der Waals surface area (Å²) in [5.41, 5.74) is 4.54. The number of amides is 1. The van der Waals surface area contributed by atoms with Crippen LogP contribution in [0.15, 0.2) is 24.3 Å². The summed E-state index contributed by atoms with van der Waals surface area (Å²) < 4.78 is 8.43. The van der Waals surface area contributed by atoms with Gasteiger partial charge in [-0.2, -0.15) is 0 Å². The van der Waals surface area contributed by atoms with Crippen molar-refractivity contribution in [1.82, 2.24) is 0 Å². The minimum absolute atomic E-state index is 0.169. The van der Waals surface area contributed by atoms with E-state index in [1.54, 1.807) is 21.1 Å². The van der Waals surface area contributed by atoms with E-state index < -0.39 is 6.09 Å². The fourth-order valence-electron chi connectivity index (χ4n) is 0.595. The molecule has 1 aromatic carbocycles. The van der Waals surface area contributed by atoms with Gasteiger partial charge in [-0.25, -0.2) is 4.79 Å². The van der Waals surface area contributed by atoms with Gasteiger partial charge in [0.1, 0.15) is 11.5 Å². The van der Waals surface area contributed by atoms with E-state index in [2.05, 4.69) is 15.2 Å². The number of hydrogen-bond donors (Lipinski definition) is 3. The first-order valence-corrected chi connectivity index (χ1v) is 4.78. The lowest BCUT2D eigenvalue weighted by Crippen LogP contribution is -2.11. The minimum atomic E-state index is -0.711. The fraction of sp³-hybridized carbons (Fsp3) is 0.364. The molecule has 6 nitrogen and oxygen atoms in total. The van der Waals surface area contributed by atoms with Crippen LogP contribution in [0.1, 0.15) is 6.92 Å². The molecule has 0 fully saturated rings. The van der Waals surface area contributed by atoms with Gasteiger partial charge in [0.05, 0.1) is 6.61 Å². The highest BCUT2D eigenvalue weighted by Crippen LogP contribution is 2.13. The number of benzene rings is 1. The number of methoxy groups -OCH3 is 1. The molecule has 0 spiro atoms. The first-order valence-electron chi connectivity index (χ1n) is 4.78. The zero-order valence-electron chi connectivity index (χ0n) is 10.2. The zero-order valence-corrected chi connectivity index (χ0v) is 10.2. The van der Waals surface area contributed by atoms with Crippen molar-refractivity contribution < 1.29 is 24.5 Å². The van der Waals surface area contributed by atoms with Crippen LogP contribution in [0.4, 0.5) is 4.79 Å². The van der Waals surface area contributed by atoms with Gasteiger partial charge in [-0.05, 0) is 31.2 Å². The predicted molar refractivity (Wildman–Crippen MR) is 63.9 cm³/mol. The van der Waals surface area contributed by atoms with E-state index in [1.807, 2.05) is 0 Å². The van der Waals surface area contributed by atoms with Crippen LogP contribution in [0.5, 0.6) is 11.5 Å². The summed E-state index contributed by atoms with van der Waals surface area (Å²) in [5.74, 6) is 0.339. The third-order valence-corrected chi connectivity index (χ3v) is 1.14. The summed E-state index contributed by atoms with van der Waals surface area (Å²) in [6.07, 6.45) is -0.711. The topological polar surface area (TPSA) is 102 Å². The molecule has 0 heterocycles. The van der Waals surface area contributed by atoms with Crippen LogP contribution in [0.3, 0.4) is 0 Å². The van der Waals surface area contributed by atoms with Crippen LogP contribution in [-0.2, 0) is 9.47 Å².